The van der Waals surface area contributed by atoms with Crippen LogP contribution in [-0.2, 0) is 16.6 Å². The number of ether oxygens (including phenoxy) is 1. The van der Waals surface area contributed by atoms with E-state index in [2.05, 4.69) is 21.0 Å². The van der Waals surface area contributed by atoms with E-state index in [0.29, 0.717) is 17.7 Å². The van der Waals surface area contributed by atoms with Gasteiger partial charge < -0.3 is 19.8 Å². The van der Waals surface area contributed by atoms with Crippen LogP contribution in [0.25, 0.3) is 22.3 Å². The van der Waals surface area contributed by atoms with Gasteiger partial charge in [0.1, 0.15) is 22.8 Å². The summed E-state index contributed by atoms with van der Waals surface area (Å²) in [4.78, 5) is 20.9. The molecule has 0 amide bonds. The number of benzene rings is 3. The van der Waals surface area contributed by atoms with Crippen molar-refractivity contribution in [1.29, 1.82) is 5.26 Å². The second-order valence-corrected chi connectivity index (χ2v) is 9.16. The Labute approximate surface area is 220 Å². The lowest BCUT2D eigenvalue weighted by Crippen LogP contribution is -2.22. The molecule has 10 heteroatoms. The first kappa shape index (κ1) is 25.6. The molecule has 39 heavy (non-hydrogen) atoms. The van der Waals surface area contributed by atoms with Gasteiger partial charge in [-0.3, -0.25) is 4.79 Å². The van der Waals surface area contributed by atoms with Crippen molar-refractivity contribution in [3.8, 4) is 29.0 Å². The summed E-state index contributed by atoms with van der Waals surface area (Å²) < 4.78 is 49.8. The van der Waals surface area contributed by atoms with Crippen LogP contribution in [0.4, 0.5) is 13.2 Å². The molecule has 0 bridgehead atoms. The first-order chi connectivity index (χ1) is 18.7. The fraction of sp³-hybridized carbons (Fsp3) is 0.138. The van der Waals surface area contributed by atoms with Crippen LogP contribution in [0, 0.1) is 28.8 Å². The quantitative estimate of drug-likeness (QED) is 0.209. The van der Waals surface area contributed by atoms with Crippen LogP contribution in [-0.4, -0.2) is 26.0 Å². The van der Waals surface area contributed by atoms with E-state index in [-0.39, 0.29) is 34.5 Å². The SMILES string of the molecule is CC(C#N)(c1cccc(CCC(=O)O)c1)c1cnc(-c2cc(Oc3c(F)cc4[nH]ccc4c3F)ccc2F)[nH]1. The number of carboxylic acid groups (broad SMARTS) is 1. The molecular weight excluding hydrogens is 509 g/mol. The molecule has 0 radical (unpaired) electrons. The number of aliphatic carboxylic acids is 1. The number of hydrogen-bond donors (Lipinski definition) is 3. The van der Waals surface area contributed by atoms with Crippen LogP contribution in [0.5, 0.6) is 11.5 Å². The minimum Gasteiger partial charge on any atom is -0.481 e. The molecule has 7 nitrogen and oxygen atoms in total. The Morgan fingerprint density at radius 3 is 2.72 bits per heavy atom. The maximum absolute atomic E-state index is 14.9. The predicted molar refractivity (Wildman–Crippen MR) is 137 cm³/mol. The second-order valence-electron chi connectivity index (χ2n) is 9.16. The average Bonchev–Trinajstić information content (AvgIpc) is 3.61. The Balaban J connectivity index is 1.47. The molecule has 0 saturated carbocycles. The van der Waals surface area contributed by atoms with Gasteiger partial charge >= 0.3 is 5.97 Å². The fourth-order valence-electron chi connectivity index (χ4n) is 4.35. The Bertz CT molecular complexity index is 1750. The Morgan fingerprint density at radius 1 is 1.13 bits per heavy atom. The lowest BCUT2D eigenvalue weighted by Gasteiger charge is -2.21. The molecule has 196 valence electrons. The first-order valence-corrected chi connectivity index (χ1v) is 11.9. The monoisotopic (exact) mass is 530 g/mol. The lowest BCUT2D eigenvalue weighted by molar-refractivity contribution is -0.136. The van der Waals surface area contributed by atoms with E-state index in [1.54, 1.807) is 31.2 Å². The van der Waals surface area contributed by atoms with E-state index in [9.17, 15) is 23.2 Å². The van der Waals surface area contributed by atoms with Gasteiger partial charge in [-0.1, -0.05) is 24.3 Å². The maximum atomic E-state index is 14.9. The molecule has 3 aromatic carbocycles. The van der Waals surface area contributed by atoms with Crippen molar-refractivity contribution in [2.45, 2.75) is 25.2 Å². The van der Waals surface area contributed by atoms with Crippen LogP contribution in [0.1, 0.15) is 30.2 Å². The number of nitrogens with one attached hydrogen (secondary N) is 2. The third-order valence-corrected chi connectivity index (χ3v) is 6.59. The van der Waals surface area contributed by atoms with E-state index in [0.717, 1.165) is 17.7 Å². The number of carbonyl (C=O) groups is 1. The molecule has 1 unspecified atom stereocenters. The van der Waals surface area contributed by atoms with Gasteiger partial charge in [-0.05, 0) is 48.7 Å². The number of halogens is 3. The summed E-state index contributed by atoms with van der Waals surface area (Å²) in [5, 5.41) is 19.2. The molecule has 5 aromatic rings. The first-order valence-electron chi connectivity index (χ1n) is 11.9. The van der Waals surface area contributed by atoms with Gasteiger partial charge in [0.25, 0.3) is 0 Å². The van der Waals surface area contributed by atoms with Gasteiger partial charge in [0.15, 0.2) is 17.4 Å². The number of aryl methyl sites for hydroxylation is 1. The van der Waals surface area contributed by atoms with Gasteiger partial charge in [0, 0.05) is 24.1 Å². The topological polar surface area (TPSA) is 115 Å². The molecule has 3 N–H and O–H groups in total. The summed E-state index contributed by atoms with van der Waals surface area (Å²) in [5.41, 5.74) is 0.756. The van der Waals surface area contributed by atoms with Crippen molar-refractivity contribution in [3.63, 3.8) is 0 Å². The number of hydrogen-bond acceptors (Lipinski definition) is 4. The smallest absolute Gasteiger partial charge is 0.303 e. The molecule has 0 aliphatic rings. The van der Waals surface area contributed by atoms with Crippen LogP contribution in [0.2, 0.25) is 0 Å². The number of aromatic amines is 2. The number of imidazole rings is 1. The number of nitriles is 1. The third kappa shape index (κ3) is 4.82. The number of carboxylic acids is 1. The Hall–Kier alpha value is -5.04. The Morgan fingerprint density at radius 2 is 1.95 bits per heavy atom. The molecule has 2 aromatic heterocycles. The molecule has 5 rings (SSSR count). The van der Waals surface area contributed by atoms with Crippen molar-refractivity contribution in [2.24, 2.45) is 0 Å². The molecular formula is C29H21F3N4O3. The molecule has 0 spiro atoms. The van der Waals surface area contributed by atoms with E-state index in [1.807, 2.05) is 0 Å². The summed E-state index contributed by atoms with van der Waals surface area (Å²) in [6, 6.07) is 15.4. The van der Waals surface area contributed by atoms with Crippen LogP contribution >= 0.6 is 0 Å². The molecule has 0 fully saturated rings. The van der Waals surface area contributed by atoms with E-state index in [4.69, 9.17) is 9.84 Å². The van der Waals surface area contributed by atoms with Gasteiger partial charge in [0.05, 0.1) is 29.0 Å². The minimum absolute atomic E-state index is 0.0220. The van der Waals surface area contributed by atoms with Gasteiger partial charge in [0.2, 0.25) is 0 Å². The number of fused-ring (bicyclic) bond motifs is 1. The Kier molecular flexibility index (Phi) is 6.58. The highest BCUT2D eigenvalue weighted by Crippen LogP contribution is 2.36. The summed E-state index contributed by atoms with van der Waals surface area (Å²) in [6.07, 6.45) is 3.14. The minimum atomic E-state index is -1.21. The molecule has 2 heterocycles. The second kappa shape index (κ2) is 10.0. The zero-order chi connectivity index (χ0) is 27.7. The molecule has 1 atom stereocenters. The largest absolute Gasteiger partial charge is 0.481 e. The summed E-state index contributed by atoms with van der Waals surface area (Å²) >= 11 is 0. The van der Waals surface area contributed by atoms with E-state index in [1.165, 1.54) is 30.6 Å². The van der Waals surface area contributed by atoms with Crippen molar-refractivity contribution in [3.05, 3.63) is 101 Å². The summed E-state index contributed by atoms with van der Waals surface area (Å²) in [6.45, 7) is 1.67. The lowest BCUT2D eigenvalue weighted by atomic mass is 9.80. The zero-order valence-electron chi connectivity index (χ0n) is 20.6. The van der Waals surface area contributed by atoms with E-state index >= 15 is 0 Å². The number of rotatable bonds is 8. The molecule has 0 saturated heterocycles. The third-order valence-electron chi connectivity index (χ3n) is 6.59. The van der Waals surface area contributed by atoms with Crippen molar-refractivity contribution in [1.82, 2.24) is 15.0 Å². The van der Waals surface area contributed by atoms with Crippen LogP contribution in [0.15, 0.2) is 67.0 Å². The fourth-order valence-corrected chi connectivity index (χ4v) is 4.35. The highest BCUT2D eigenvalue weighted by Gasteiger charge is 2.32. The summed E-state index contributed by atoms with van der Waals surface area (Å²) in [7, 11) is 0. The predicted octanol–water partition coefficient (Wildman–Crippen LogP) is 6.61. The van der Waals surface area contributed by atoms with Gasteiger partial charge in [-0.25, -0.2) is 18.2 Å². The molecule has 0 aliphatic carbocycles. The van der Waals surface area contributed by atoms with Gasteiger partial charge in [-0.2, -0.15) is 5.26 Å². The molecule has 0 aliphatic heterocycles. The van der Waals surface area contributed by atoms with Crippen molar-refractivity contribution < 1.29 is 27.8 Å². The standard InChI is InChI=1S/C29H21F3N4O3/c1-29(15-33,17-4-2-3-16(11-17)5-8-25(37)38)24-14-35-28(36-24)20-12-18(6-7-21(20)30)39-27-22(31)13-23-19(26(27)32)9-10-34-23/h2-4,6-7,9-14,34H,5,8H2,1H3,(H,35,36)(H,37,38). The maximum Gasteiger partial charge on any atom is 0.303 e. The number of H-pyrrole nitrogens is 2. The highest BCUT2D eigenvalue weighted by molar-refractivity contribution is 5.82. The number of aromatic nitrogens is 3. The average molecular weight is 531 g/mol. The highest BCUT2D eigenvalue weighted by atomic mass is 19.1. The van der Waals surface area contributed by atoms with Crippen LogP contribution in [0.3, 0.4) is 0 Å². The van der Waals surface area contributed by atoms with Crippen LogP contribution < -0.4 is 4.74 Å². The van der Waals surface area contributed by atoms with Gasteiger partial charge in [-0.15, -0.1) is 0 Å². The normalized spacial score (nSPS) is 12.7. The summed E-state index contributed by atoms with van der Waals surface area (Å²) in [5.74, 6) is -3.98. The van der Waals surface area contributed by atoms with E-state index < -0.39 is 34.6 Å². The van der Waals surface area contributed by atoms with Crippen molar-refractivity contribution >= 4 is 16.9 Å². The zero-order valence-corrected chi connectivity index (χ0v) is 20.6. The van der Waals surface area contributed by atoms with Crippen molar-refractivity contribution in [2.75, 3.05) is 0 Å². The number of nitrogens with zero attached hydrogens (tertiary/aromatic N) is 2.